The van der Waals surface area contributed by atoms with E-state index in [1.54, 1.807) is 12.1 Å². The molecule has 0 amide bonds. The predicted molar refractivity (Wildman–Crippen MR) is 129 cm³/mol. The molecule has 1 aromatic heterocycles. The smallest absolute Gasteiger partial charge is 0.258 e. The van der Waals surface area contributed by atoms with Crippen LogP contribution in [0.5, 0.6) is 0 Å². The highest BCUT2D eigenvalue weighted by atomic mass is 19.1. The van der Waals surface area contributed by atoms with Crippen molar-refractivity contribution < 1.29 is 13.7 Å². The number of halogens is 1. The van der Waals surface area contributed by atoms with Crippen molar-refractivity contribution in [1.82, 2.24) is 15.0 Å². The lowest BCUT2D eigenvalue weighted by Crippen LogP contribution is -2.38. The Morgan fingerprint density at radius 2 is 1.68 bits per heavy atom. The zero-order chi connectivity index (χ0) is 23.5. The summed E-state index contributed by atoms with van der Waals surface area (Å²) in [6, 6.07) is 22.4. The van der Waals surface area contributed by atoms with Crippen molar-refractivity contribution in [3.05, 3.63) is 84.2 Å². The summed E-state index contributed by atoms with van der Waals surface area (Å²) in [5.41, 5.74) is 3.75. The van der Waals surface area contributed by atoms with Crippen molar-refractivity contribution in [3.63, 3.8) is 0 Å². The molecule has 0 aliphatic carbocycles. The summed E-state index contributed by atoms with van der Waals surface area (Å²) in [7, 11) is 0. The lowest BCUT2D eigenvalue weighted by molar-refractivity contribution is -0.117. The van der Waals surface area contributed by atoms with Crippen molar-refractivity contribution in [2.75, 3.05) is 13.1 Å². The number of carbonyl (C=O) groups is 1. The van der Waals surface area contributed by atoms with Gasteiger partial charge < -0.3 is 9.32 Å². The maximum absolute atomic E-state index is 14.7. The molecule has 0 radical (unpaired) electrons. The summed E-state index contributed by atoms with van der Waals surface area (Å²) >= 11 is 0. The SMILES string of the molecule is CC1(C=O)CCN(Cc2ccc(-c3noc(-c4ccc(-c5ccccc5)c(F)c4)n3)cc2)CC1. The van der Waals surface area contributed by atoms with Gasteiger partial charge in [0.2, 0.25) is 5.82 Å². The van der Waals surface area contributed by atoms with Crippen LogP contribution in [0.3, 0.4) is 0 Å². The molecule has 34 heavy (non-hydrogen) atoms. The summed E-state index contributed by atoms with van der Waals surface area (Å²) < 4.78 is 20.2. The van der Waals surface area contributed by atoms with Crippen LogP contribution in [0.4, 0.5) is 4.39 Å². The predicted octanol–water partition coefficient (Wildman–Crippen LogP) is 6.01. The van der Waals surface area contributed by atoms with Crippen LogP contribution in [0.25, 0.3) is 34.0 Å². The normalized spacial score (nSPS) is 15.8. The monoisotopic (exact) mass is 455 g/mol. The molecule has 1 fully saturated rings. The van der Waals surface area contributed by atoms with Gasteiger partial charge in [-0.1, -0.05) is 72.7 Å². The Bertz CT molecular complexity index is 1280. The highest BCUT2D eigenvalue weighted by molar-refractivity contribution is 5.68. The molecule has 172 valence electrons. The van der Waals surface area contributed by atoms with Crippen LogP contribution in [0.1, 0.15) is 25.3 Å². The van der Waals surface area contributed by atoms with Crippen LogP contribution >= 0.6 is 0 Å². The lowest BCUT2D eigenvalue weighted by Gasteiger charge is -2.35. The van der Waals surface area contributed by atoms with Gasteiger partial charge in [0.15, 0.2) is 0 Å². The van der Waals surface area contributed by atoms with Crippen molar-refractivity contribution in [1.29, 1.82) is 0 Å². The summed E-state index contributed by atoms with van der Waals surface area (Å²) in [4.78, 5) is 18.1. The van der Waals surface area contributed by atoms with E-state index < -0.39 is 0 Å². The van der Waals surface area contributed by atoms with Gasteiger partial charge in [0, 0.05) is 28.7 Å². The first-order valence-corrected chi connectivity index (χ1v) is 11.5. The zero-order valence-corrected chi connectivity index (χ0v) is 19.1. The van der Waals surface area contributed by atoms with Gasteiger partial charge in [0.05, 0.1) is 0 Å². The van der Waals surface area contributed by atoms with Gasteiger partial charge in [-0.25, -0.2) is 4.39 Å². The Hall–Kier alpha value is -3.64. The fraction of sp³-hybridized carbons (Fsp3) is 0.250. The largest absolute Gasteiger partial charge is 0.334 e. The van der Waals surface area contributed by atoms with Gasteiger partial charge in [0.25, 0.3) is 5.89 Å². The molecule has 0 saturated carbocycles. The van der Waals surface area contributed by atoms with Gasteiger partial charge in [-0.05, 0) is 49.2 Å². The minimum absolute atomic E-state index is 0.179. The minimum atomic E-state index is -0.334. The van der Waals surface area contributed by atoms with Gasteiger partial charge in [0.1, 0.15) is 12.1 Å². The first-order chi connectivity index (χ1) is 16.5. The number of nitrogens with zero attached hydrogens (tertiary/aromatic N) is 3. The number of hydrogen-bond donors (Lipinski definition) is 0. The molecule has 6 heteroatoms. The van der Waals surface area contributed by atoms with Crippen LogP contribution in [0.2, 0.25) is 0 Å². The van der Waals surface area contributed by atoms with Crippen LogP contribution in [0.15, 0.2) is 77.3 Å². The fourth-order valence-corrected chi connectivity index (χ4v) is 4.32. The van der Waals surface area contributed by atoms with Crippen LogP contribution < -0.4 is 0 Å². The van der Waals surface area contributed by atoms with E-state index in [0.29, 0.717) is 17.0 Å². The van der Waals surface area contributed by atoms with E-state index in [9.17, 15) is 9.18 Å². The van der Waals surface area contributed by atoms with Crippen molar-refractivity contribution in [3.8, 4) is 34.0 Å². The van der Waals surface area contributed by atoms with Crippen LogP contribution in [0, 0.1) is 11.2 Å². The fourth-order valence-electron chi connectivity index (χ4n) is 4.32. The van der Waals surface area contributed by atoms with E-state index in [1.807, 2.05) is 49.4 Å². The number of piperidine rings is 1. The quantitative estimate of drug-likeness (QED) is 0.333. The van der Waals surface area contributed by atoms with E-state index in [4.69, 9.17) is 4.52 Å². The molecule has 1 aliphatic rings. The van der Waals surface area contributed by atoms with Crippen molar-refractivity contribution in [2.45, 2.75) is 26.3 Å². The van der Waals surface area contributed by atoms with E-state index in [1.165, 1.54) is 11.6 Å². The average molecular weight is 456 g/mol. The molecular formula is C28H26FN3O2. The van der Waals surface area contributed by atoms with Crippen LogP contribution in [-0.4, -0.2) is 34.4 Å². The molecule has 1 aliphatic heterocycles. The summed E-state index contributed by atoms with van der Waals surface area (Å²) in [5.74, 6) is 0.414. The molecule has 4 aromatic rings. The molecule has 1 saturated heterocycles. The molecule has 5 rings (SSSR count). The molecule has 0 N–H and O–H groups in total. The summed E-state index contributed by atoms with van der Waals surface area (Å²) in [6.07, 6.45) is 2.89. The lowest BCUT2D eigenvalue weighted by atomic mass is 9.82. The summed E-state index contributed by atoms with van der Waals surface area (Å²) in [6.45, 7) is 4.73. The molecule has 0 bridgehead atoms. The second kappa shape index (κ2) is 9.31. The van der Waals surface area contributed by atoms with Crippen molar-refractivity contribution in [2.24, 2.45) is 5.41 Å². The Balaban J connectivity index is 1.27. The maximum atomic E-state index is 14.7. The minimum Gasteiger partial charge on any atom is -0.334 e. The number of hydrogen-bond acceptors (Lipinski definition) is 5. The Morgan fingerprint density at radius 1 is 0.971 bits per heavy atom. The molecule has 0 atom stereocenters. The number of aldehydes is 1. The molecule has 2 heterocycles. The molecule has 3 aromatic carbocycles. The van der Waals surface area contributed by atoms with Crippen molar-refractivity contribution >= 4 is 6.29 Å². The third-order valence-electron chi connectivity index (χ3n) is 6.63. The van der Waals surface area contributed by atoms with Gasteiger partial charge in [-0.2, -0.15) is 4.98 Å². The van der Waals surface area contributed by atoms with Gasteiger partial charge in [-0.3, -0.25) is 4.90 Å². The first-order valence-electron chi connectivity index (χ1n) is 11.5. The maximum Gasteiger partial charge on any atom is 0.258 e. The Morgan fingerprint density at radius 3 is 2.35 bits per heavy atom. The number of benzene rings is 3. The Labute approximate surface area is 198 Å². The first kappa shape index (κ1) is 22.2. The second-order valence-electron chi connectivity index (χ2n) is 9.23. The number of rotatable bonds is 6. The molecule has 0 unspecified atom stereocenters. The third-order valence-corrected chi connectivity index (χ3v) is 6.63. The van der Waals surface area contributed by atoms with Gasteiger partial charge in [-0.15, -0.1) is 0 Å². The topological polar surface area (TPSA) is 59.2 Å². The average Bonchev–Trinajstić information content (AvgIpc) is 3.37. The van der Waals surface area contributed by atoms with E-state index in [-0.39, 0.29) is 17.1 Å². The molecule has 0 spiro atoms. The second-order valence-corrected chi connectivity index (χ2v) is 9.23. The third kappa shape index (κ3) is 4.68. The number of likely N-dealkylation sites (tertiary alicyclic amines) is 1. The highest BCUT2D eigenvalue weighted by Gasteiger charge is 2.29. The van der Waals surface area contributed by atoms with E-state index in [0.717, 1.165) is 49.9 Å². The molecule has 5 nitrogen and oxygen atoms in total. The standard InChI is InChI=1S/C28H26FN3O2/c1-28(19-33)13-15-32(16-14-28)18-20-7-9-22(10-8-20)26-30-27(34-31-26)23-11-12-24(25(29)17-23)21-5-3-2-4-6-21/h2-12,17,19H,13-16,18H2,1H3. The number of aromatic nitrogens is 2. The Kier molecular flexibility index (Phi) is 6.07. The summed E-state index contributed by atoms with van der Waals surface area (Å²) in [5, 5.41) is 4.09. The van der Waals surface area contributed by atoms with E-state index >= 15 is 0 Å². The van der Waals surface area contributed by atoms with Gasteiger partial charge >= 0.3 is 0 Å². The zero-order valence-electron chi connectivity index (χ0n) is 19.1. The highest BCUT2D eigenvalue weighted by Crippen LogP contribution is 2.30. The van der Waals surface area contributed by atoms with E-state index in [2.05, 4.69) is 27.2 Å². The van der Waals surface area contributed by atoms with Crippen LogP contribution in [-0.2, 0) is 11.3 Å². The molecular weight excluding hydrogens is 429 g/mol. The number of carbonyl (C=O) groups excluding carboxylic acids is 1.